The lowest BCUT2D eigenvalue weighted by atomic mass is 9.98. The minimum atomic E-state index is -0.367. The van der Waals surface area contributed by atoms with Crippen molar-refractivity contribution in [3.63, 3.8) is 0 Å². The highest BCUT2D eigenvalue weighted by molar-refractivity contribution is 5.98. The fourth-order valence-electron chi connectivity index (χ4n) is 3.18. The Balaban J connectivity index is 1.58. The maximum atomic E-state index is 13.6. The normalized spacial score (nSPS) is 14.8. The average Bonchev–Trinajstić information content (AvgIpc) is 2.69. The molecular formula is C21H24FN3O2. The summed E-state index contributed by atoms with van der Waals surface area (Å²) in [7, 11) is 0. The second kappa shape index (κ2) is 8.75. The Hall–Kier alpha value is -2.76. The zero-order valence-electron chi connectivity index (χ0n) is 15.5. The molecule has 6 heteroatoms. The van der Waals surface area contributed by atoms with Crippen LogP contribution in [-0.4, -0.2) is 41.3 Å². The zero-order valence-corrected chi connectivity index (χ0v) is 15.5. The van der Waals surface area contributed by atoms with Gasteiger partial charge >= 0.3 is 0 Å². The number of halogens is 1. The van der Waals surface area contributed by atoms with Crippen LogP contribution < -0.4 is 5.32 Å². The summed E-state index contributed by atoms with van der Waals surface area (Å²) < 4.78 is 13.6. The smallest absolute Gasteiger partial charge is 0.269 e. The molecule has 1 fully saturated rings. The molecule has 27 heavy (non-hydrogen) atoms. The number of carbonyl (C=O) groups is 2. The summed E-state index contributed by atoms with van der Waals surface area (Å²) in [4.78, 5) is 30.9. The summed E-state index contributed by atoms with van der Waals surface area (Å²) in [5.74, 6) is -0.0754. The number of nitrogens with zero attached hydrogens (tertiary/aromatic N) is 2. The van der Waals surface area contributed by atoms with Crippen molar-refractivity contribution in [2.75, 3.05) is 19.6 Å². The van der Waals surface area contributed by atoms with Crippen LogP contribution in [0, 0.1) is 11.7 Å². The molecule has 1 aromatic heterocycles. The van der Waals surface area contributed by atoms with Crippen LogP contribution in [0.1, 0.15) is 46.2 Å². The number of hydrogen-bond acceptors (Lipinski definition) is 3. The number of aromatic nitrogens is 1. The zero-order chi connectivity index (χ0) is 19.2. The Labute approximate surface area is 158 Å². The van der Waals surface area contributed by atoms with Gasteiger partial charge in [0.05, 0.1) is 0 Å². The van der Waals surface area contributed by atoms with E-state index in [0.29, 0.717) is 30.0 Å². The third kappa shape index (κ3) is 4.90. The summed E-state index contributed by atoms with van der Waals surface area (Å²) >= 11 is 0. The molecule has 2 aromatic rings. The predicted octanol–water partition coefficient (Wildman–Crippen LogP) is 3.07. The van der Waals surface area contributed by atoms with Crippen LogP contribution in [0.3, 0.4) is 0 Å². The Morgan fingerprint density at radius 1 is 1.22 bits per heavy atom. The van der Waals surface area contributed by atoms with Crippen molar-refractivity contribution in [1.29, 1.82) is 0 Å². The lowest BCUT2D eigenvalue weighted by molar-refractivity contribution is 0.0697. The van der Waals surface area contributed by atoms with Crippen LogP contribution in [-0.2, 0) is 6.42 Å². The fraction of sp³-hybridized carbons (Fsp3) is 0.381. The second-order valence-corrected chi connectivity index (χ2v) is 7.00. The summed E-state index contributed by atoms with van der Waals surface area (Å²) in [5, 5.41) is 2.73. The first-order valence-electron chi connectivity index (χ1n) is 9.31. The summed E-state index contributed by atoms with van der Waals surface area (Å²) in [6, 6.07) is 9.65. The number of amides is 2. The Morgan fingerprint density at radius 3 is 2.70 bits per heavy atom. The van der Waals surface area contributed by atoms with Crippen molar-refractivity contribution in [2.24, 2.45) is 5.92 Å². The van der Waals surface area contributed by atoms with Gasteiger partial charge in [0.25, 0.3) is 11.8 Å². The molecule has 2 amide bonds. The van der Waals surface area contributed by atoms with Crippen molar-refractivity contribution in [1.82, 2.24) is 15.2 Å². The molecule has 0 atom stereocenters. The summed E-state index contributed by atoms with van der Waals surface area (Å²) in [6.07, 6.45) is 3.87. The van der Waals surface area contributed by atoms with Crippen LogP contribution in [0.5, 0.6) is 0 Å². The van der Waals surface area contributed by atoms with Gasteiger partial charge in [0.15, 0.2) is 0 Å². The fourth-order valence-corrected chi connectivity index (χ4v) is 3.18. The van der Waals surface area contributed by atoms with Gasteiger partial charge in [0, 0.05) is 31.4 Å². The predicted molar refractivity (Wildman–Crippen MR) is 101 cm³/mol. The van der Waals surface area contributed by atoms with Gasteiger partial charge in [0.1, 0.15) is 11.5 Å². The van der Waals surface area contributed by atoms with Gasteiger partial charge in [-0.2, -0.15) is 0 Å². The van der Waals surface area contributed by atoms with Crippen molar-refractivity contribution in [3.8, 4) is 0 Å². The van der Waals surface area contributed by atoms with Gasteiger partial charge in [0.2, 0.25) is 0 Å². The van der Waals surface area contributed by atoms with E-state index < -0.39 is 0 Å². The molecular weight excluding hydrogens is 345 g/mol. The van der Waals surface area contributed by atoms with E-state index in [0.717, 1.165) is 25.9 Å². The van der Waals surface area contributed by atoms with Gasteiger partial charge in [-0.1, -0.05) is 25.1 Å². The van der Waals surface area contributed by atoms with Crippen LogP contribution in [0.15, 0.2) is 42.6 Å². The van der Waals surface area contributed by atoms with E-state index in [1.54, 1.807) is 24.3 Å². The molecule has 1 aliphatic heterocycles. The van der Waals surface area contributed by atoms with Gasteiger partial charge in [-0.25, -0.2) is 4.39 Å². The molecule has 0 spiro atoms. The van der Waals surface area contributed by atoms with Crippen LogP contribution in [0.2, 0.25) is 0 Å². The quantitative estimate of drug-likeness (QED) is 0.881. The number of pyridine rings is 1. The average molecular weight is 369 g/mol. The molecule has 1 saturated heterocycles. The number of carbonyl (C=O) groups excluding carboxylic acids is 2. The number of benzene rings is 1. The Morgan fingerprint density at radius 2 is 1.96 bits per heavy atom. The first-order chi connectivity index (χ1) is 13.0. The third-order valence-electron chi connectivity index (χ3n) is 4.95. The van der Waals surface area contributed by atoms with Crippen molar-refractivity contribution in [3.05, 3.63) is 65.2 Å². The summed E-state index contributed by atoms with van der Waals surface area (Å²) in [5.41, 5.74) is 1.22. The molecule has 2 heterocycles. The van der Waals surface area contributed by atoms with Crippen molar-refractivity contribution >= 4 is 11.8 Å². The van der Waals surface area contributed by atoms with Gasteiger partial charge in [-0.05, 0) is 48.9 Å². The number of piperidine rings is 1. The second-order valence-electron chi connectivity index (χ2n) is 7.00. The topological polar surface area (TPSA) is 62.3 Å². The molecule has 1 aromatic carbocycles. The standard InChI is InChI=1S/C21H24FN3O2/c1-15-8-12-25(13-9-15)21(27)17-7-10-23-19(14-17)20(26)24-11-6-16-4-2-3-5-18(16)22/h2-5,7,10,14-15H,6,8-9,11-13H2,1H3,(H,24,26). The molecule has 5 nitrogen and oxygen atoms in total. The first kappa shape index (κ1) is 19.0. The van der Waals surface area contributed by atoms with Gasteiger partial charge in [-0.15, -0.1) is 0 Å². The van der Waals surface area contributed by atoms with E-state index in [2.05, 4.69) is 17.2 Å². The molecule has 0 bridgehead atoms. The maximum Gasteiger partial charge on any atom is 0.269 e. The number of nitrogens with one attached hydrogen (secondary N) is 1. The van der Waals surface area contributed by atoms with E-state index in [9.17, 15) is 14.0 Å². The minimum absolute atomic E-state index is 0.0651. The molecule has 0 radical (unpaired) electrons. The highest BCUT2D eigenvalue weighted by Crippen LogP contribution is 2.18. The molecule has 0 unspecified atom stereocenters. The van der Waals surface area contributed by atoms with E-state index in [1.807, 2.05) is 4.90 Å². The molecule has 0 aliphatic carbocycles. The summed E-state index contributed by atoms with van der Waals surface area (Å²) in [6.45, 7) is 3.97. The molecule has 0 saturated carbocycles. The van der Waals surface area contributed by atoms with Gasteiger partial charge < -0.3 is 10.2 Å². The largest absolute Gasteiger partial charge is 0.350 e. The molecule has 142 valence electrons. The highest BCUT2D eigenvalue weighted by Gasteiger charge is 2.22. The lowest BCUT2D eigenvalue weighted by Gasteiger charge is -2.30. The highest BCUT2D eigenvalue weighted by atomic mass is 19.1. The first-order valence-corrected chi connectivity index (χ1v) is 9.31. The number of likely N-dealkylation sites (tertiary alicyclic amines) is 1. The van der Waals surface area contributed by atoms with Gasteiger partial charge in [-0.3, -0.25) is 14.6 Å². The number of hydrogen-bond donors (Lipinski definition) is 1. The third-order valence-corrected chi connectivity index (χ3v) is 4.95. The van der Waals surface area contributed by atoms with E-state index in [1.165, 1.54) is 18.3 Å². The molecule has 1 N–H and O–H groups in total. The molecule has 3 rings (SSSR count). The molecule has 1 aliphatic rings. The van der Waals surface area contributed by atoms with Crippen LogP contribution in [0.25, 0.3) is 0 Å². The lowest BCUT2D eigenvalue weighted by Crippen LogP contribution is -2.38. The maximum absolute atomic E-state index is 13.6. The van der Waals surface area contributed by atoms with Crippen LogP contribution in [0.4, 0.5) is 4.39 Å². The van der Waals surface area contributed by atoms with Crippen LogP contribution >= 0.6 is 0 Å². The Kier molecular flexibility index (Phi) is 6.16. The minimum Gasteiger partial charge on any atom is -0.350 e. The Bertz CT molecular complexity index is 817. The van der Waals surface area contributed by atoms with E-state index >= 15 is 0 Å². The van der Waals surface area contributed by atoms with Crippen molar-refractivity contribution in [2.45, 2.75) is 26.2 Å². The van der Waals surface area contributed by atoms with E-state index in [4.69, 9.17) is 0 Å². The monoisotopic (exact) mass is 369 g/mol. The number of rotatable bonds is 5. The van der Waals surface area contributed by atoms with Crippen molar-refractivity contribution < 1.29 is 14.0 Å². The van der Waals surface area contributed by atoms with E-state index in [-0.39, 0.29) is 23.3 Å². The SMILES string of the molecule is CC1CCN(C(=O)c2ccnc(C(=O)NCCc3ccccc3F)c2)CC1.